The summed E-state index contributed by atoms with van der Waals surface area (Å²) in [6.07, 6.45) is 2.07. The SMILES string of the molecule is Fc1cccc(OC2CCCOC2)c1. The monoisotopic (exact) mass is 196 g/mol. The van der Waals surface area contributed by atoms with E-state index in [9.17, 15) is 4.39 Å². The van der Waals surface area contributed by atoms with E-state index in [4.69, 9.17) is 9.47 Å². The fourth-order valence-corrected chi connectivity index (χ4v) is 1.54. The maximum absolute atomic E-state index is 12.8. The van der Waals surface area contributed by atoms with Crippen LogP contribution in [-0.4, -0.2) is 19.3 Å². The van der Waals surface area contributed by atoms with Crippen molar-refractivity contribution in [2.45, 2.75) is 18.9 Å². The molecule has 3 heteroatoms. The van der Waals surface area contributed by atoms with Crippen molar-refractivity contribution >= 4 is 0 Å². The smallest absolute Gasteiger partial charge is 0.126 e. The van der Waals surface area contributed by atoms with Gasteiger partial charge in [-0.25, -0.2) is 4.39 Å². The van der Waals surface area contributed by atoms with Gasteiger partial charge in [-0.15, -0.1) is 0 Å². The molecule has 76 valence electrons. The molecule has 14 heavy (non-hydrogen) atoms. The van der Waals surface area contributed by atoms with Crippen molar-refractivity contribution < 1.29 is 13.9 Å². The molecule has 1 atom stereocenters. The fourth-order valence-electron chi connectivity index (χ4n) is 1.54. The van der Waals surface area contributed by atoms with E-state index >= 15 is 0 Å². The summed E-state index contributed by atoms with van der Waals surface area (Å²) in [4.78, 5) is 0. The molecule has 2 nitrogen and oxygen atoms in total. The Labute approximate surface area is 82.6 Å². The summed E-state index contributed by atoms with van der Waals surface area (Å²) < 4.78 is 23.6. The van der Waals surface area contributed by atoms with Crippen molar-refractivity contribution in [3.8, 4) is 5.75 Å². The van der Waals surface area contributed by atoms with Gasteiger partial charge in [0.05, 0.1) is 6.61 Å². The first-order valence-electron chi connectivity index (χ1n) is 4.84. The van der Waals surface area contributed by atoms with Gasteiger partial charge in [0.1, 0.15) is 17.7 Å². The van der Waals surface area contributed by atoms with E-state index in [1.54, 1.807) is 12.1 Å². The number of rotatable bonds is 2. The standard InChI is InChI=1S/C11H13FO2/c12-9-3-1-4-10(7-9)14-11-5-2-6-13-8-11/h1,3-4,7,11H,2,5-6,8H2. The molecule has 1 aliphatic rings. The van der Waals surface area contributed by atoms with Gasteiger partial charge in [0.15, 0.2) is 0 Å². The molecule has 1 heterocycles. The number of halogens is 1. The van der Waals surface area contributed by atoms with Crippen LogP contribution in [0.3, 0.4) is 0 Å². The van der Waals surface area contributed by atoms with Gasteiger partial charge < -0.3 is 9.47 Å². The Hall–Kier alpha value is -1.09. The first-order valence-corrected chi connectivity index (χ1v) is 4.84. The topological polar surface area (TPSA) is 18.5 Å². The fraction of sp³-hybridized carbons (Fsp3) is 0.455. The van der Waals surface area contributed by atoms with Crippen LogP contribution in [0.2, 0.25) is 0 Å². The first kappa shape index (κ1) is 9.46. The van der Waals surface area contributed by atoms with Crippen LogP contribution in [-0.2, 0) is 4.74 Å². The largest absolute Gasteiger partial charge is 0.488 e. The molecule has 1 fully saturated rings. The van der Waals surface area contributed by atoms with Gasteiger partial charge >= 0.3 is 0 Å². The van der Waals surface area contributed by atoms with Gasteiger partial charge in [-0.2, -0.15) is 0 Å². The molecule has 1 aromatic carbocycles. The van der Waals surface area contributed by atoms with Gasteiger partial charge in [-0.3, -0.25) is 0 Å². The predicted molar refractivity (Wildman–Crippen MR) is 50.9 cm³/mol. The van der Waals surface area contributed by atoms with Crippen molar-refractivity contribution in [1.29, 1.82) is 0 Å². The minimum Gasteiger partial charge on any atom is -0.488 e. The summed E-state index contributed by atoms with van der Waals surface area (Å²) in [5.74, 6) is 0.319. The lowest BCUT2D eigenvalue weighted by molar-refractivity contribution is 0.00731. The third-order valence-corrected chi connectivity index (χ3v) is 2.22. The molecule has 1 aliphatic heterocycles. The zero-order valence-electron chi connectivity index (χ0n) is 7.91. The molecule has 0 amide bonds. The van der Waals surface area contributed by atoms with Crippen LogP contribution in [0.4, 0.5) is 4.39 Å². The summed E-state index contributed by atoms with van der Waals surface area (Å²) in [5.41, 5.74) is 0. The van der Waals surface area contributed by atoms with Crippen LogP contribution < -0.4 is 4.74 Å². The molecule has 0 N–H and O–H groups in total. The number of hydrogen-bond donors (Lipinski definition) is 0. The van der Waals surface area contributed by atoms with Crippen molar-refractivity contribution in [1.82, 2.24) is 0 Å². The van der Waals surface area contributed by atoms with Gasteiger partial charge in [0, 0.05) is 12.7 Å². The number of hydrogen-bond acceptors (Lipinski definition) is 2. The minimum atomic E-state index is -0.265. The normalized spacial score (nSPS) is 21.9. The average Bonchev–Trinajstić information content (AvgIpc) is 2.19. The van der Waals surface area contributed by atoms with Crippen molar-refractivity contribution in [2.24, 2.45) is 0 Å². The van der Waals surface area contributed by atoms with Crippen LogP contribution in [0.5, 0.6) is 5.75 Å². The van der Waals surface area contributed by atoms with E-state index in [0.717, 1.165) is 19.4 Å². The lowest BCUT2D eigenvalue weighted by Gasteiger charge is -2.23. The van der Waals surface area contributed by atoms with Gasteiger partial charge in [0.25, 0.3) is 0 Å². The first-order chi connectivity index (χ1) is 6.84. The molecule has 1 aromatic rings. The third kappa shape index (κ3) is 2.45. The molecular formula is C11H13FO2. The highest BCUT2D eigenvalue weighted by Crippen LogP contribution is 2.17. The van der Waals surface area contributed by atoms with E-state index in [-0.39, 0.29) is 11.9 Å². The van der Waals surface area contributed by atoms with E-state index in [0.29, 0.717) is 12.4 Å². The van der Waals surface area contributed by atoms with Crippen molar-refractivity contribution in [3.05, 3.63) is 30.1 Å². The second-order valence-corrected chi connectivity index (χ2v) is 3.41. The summed E-state index contributed by atoms with van der Waals surface area (Å²) in [7, 11) is 0. The Kier molecular flexibility index (Phi) is 2.99. The van der Waals surface area contributed by atoms with E-state index < -0.39 is 0 Å². The summed E-state index contributed by atoms with van der Waals surface area (Å²) >= 11 is 0. The Morgan fingerprint density at radius 1 is 1.43 bits per heavy atom. The third-order valence-electron chi connectivity index (χ3n) is 2.22. The number of benzene rings is 1. The lowest BCUT2D eigenvalue weighted by atomic mass is 10.2. The van der Waals surface area contributed by atoms with E-state index in [2.05, 4.69) is 0 Å². The maximum atomic E-state index is 12.8. The quantitative estimate of drug-likeness (QED) is 0.723. The maximum Gasteiger partial charge on any atom is 0.126 e. The molecule has 0 spiro atoms. The Morgan fingerprint density at radius 3 is 3.07 bits per heavy atom. The molecule has 2 rings (SSSR count). The second kappa shape index (κ2) is 4.42. The highest BCUT2D eigenvalue weighted by atomic mass is 19.1. The highest BCUT2D eigenvalue weighted by molar-refractivity contribution is 5.22. The lowest BCUT2D eigenvalue weighted by Crippen LogP contribution is -2.27. The minimum absolute atomic E-state index is 0.0746. The van der Waals surface area contributed by atoms with Gasteiger partial charge in [-0.1, -0.05) is 6.07 Å². The Bertz CT molecular complexity index is 295. The molecule has 1 unspecified atom stereocenters. The average molecular weight is 196 g/mol. The summed E-state index contributed by atoms with van der Waals surface area (Å²) in [5, 5.41) is 0. The van der Waals surface area contributed by atoms with Crippen LogP contribution >= 0.6 is 0 Å². The van der Waals surface area contributed by atoms with E-state index in [1.165, 1.54) is 12.1 Å². The molecule has 1 saturated heterocycles. The Balaban J connectivity index is 1.95. The van der Waals surface area contributed by atoms with Crippen LogP contribution in [0.15, 0.2) is 24.3 Å². The van der Waals surface area contributed by atoms with Crippen LogP contribution in [0, 0.1) is 5.82 Å². The zero-order chi connectivity index (χ0) is 9.80. The summed E-state index contributed by atoms with van der Waals surface area (Å²) in [6.45, 7) is 1.42. The predicted octanol–water partition coefficient (Wildman–Crippen LogP) is 2.38. The summed E-state index contributed by atoms with van der Waals surface area (Å²) in [6, 6.07) is 6.21. The molecule has 0 radical (unpaired) electrons. The van der Waals surface area contributed by atoms with Gasteiger partial charge in [0.2, 0.25) is 0 Å². The van der Waals surface area contributed by atoms with E-state index in [1.807, 2.05) is 0 Å². The van der Waals surface area contributed by atoms with Crippen molar-refractivity contribution in [3.63, 3.8) is 0 Å². The Morgan fingerprint density at radius 2 is 2.36 bits per heavy atom. The molecular weight excluding hydrogens is 183 g/mol. The van der Waals surface area contributed by atoms with Gasteiger partial charge in [-0.05, 0) is 25.0 Å². The zero-order valence-corrected chi connectivity index (χ0v) is 7.91. The van der Waals surface area contributed by atoms with Crippen molar-refractivity contribution in [2.75, 3.05) is 13.2 Å². The van der Waals surface area contributed by atoms with Crippen LogP contribution in [0.1, 0.15) is 12.8 Å². The molecule has 0 aromatic heterocycles. The molecule has 0 aliphatic carbocycles. The van der Waals surface area contributed by atoms with Crippen LogP contribution in [0.25, 0.3) is 0 Å². The number of ether oxygens (including phenoxy) is 2. The molecule has 0 bridgehead atoms. The second-order valence-electron chi connectivity index (χ2n) is 3.41. The molecule has 0 saturated carbocycles. The highest BCUT2D eigenvalue weighted by Gasteiger charge is 2.15.